The van der Waals surface area contributed by atoms with Crippen LogP contribution in [0.1, 0.15) is 50.3 Å². The molecule has 2 N–H and O–H groups in total. The van der Waals surface area contributed by atoms with Crippen LogP contribution in [0.2, 0.25) is 0 Å². The maximum Gasteiger partial charge on any atom is 0.122 e. The molecule has 1 atom stereocenters. The first-order chi connectivity index (χ1) is 11.9. The number of methoxy groups -OCH3 is 1. The average molecular weight is 341 g/mol. The lowest BCUT2D eigenvalue weighted by Crippen LogP contribution is -2.18. The third-order valence-corrected chi connectivity index (χ3v) is 4.51. The second-order valence-corrected chi connectivity index (χ2v) is 7.42. The predicted molar refractivity (Wildman–Crippen MR) is 105 cm³/mol. The largest absolute Gasteiger partial charge is 0.496 e. The van der Waals surface area contributed by atoms with Crippen LogP contribution in [0.5, 0.6) is 11.5 Å². The molecule has 0 bridgehead atoms. The Bertz CT molecular complexity index is 689. The molecule has 2 rings (SSSR count). The summed E-state index contributed by atoms with van der Waals surface area (Å²) in [7, 11) is 1.72. The van der Waals surface area contributed by atoms with Gasteiger partial charge in [-0.2, -0.15) is 0 Å². The first-order valence-electron chi connectivity index (χ1n) is 8.99. The Morgan fingerprint density at radius 1 is 1.08 bits per heavy atom. The van der Waals surface area contributed by atoms with Crippen LogP contribution in [-0.4, -0.2) is 20.3 Å². The lowest BCUT2D eigenvalue weighted by atomic mass is 9.83. The Balaban J connectivity index is 2.35. The van der Waals surface area contributed by atoms with Gasteiger partial charge in [-0.05, 0) is 60.2 Å². The molecule has 0 spiro atoms. The molecule has 25 heavy (non-hydrogen) atoms. The summed E-state index contributed by atoms with van der Waals surface area (Å²) in [4.78, 5) is 0. The van der Waals surface area contributed by atoms with Gasteiger partial charge in [0, 0.05) is 5.92 Å². The first-order valence-corrected chi connectivity index (χ1v) is 8.99. The van der Waals surface area contributed by atoms with E-state index in [0.717, 1.165) is 17.9 Å². The first kappa shape index (κ1) is 19.3. The minimum Gasteiger partial charge on any atom is -0.496 e. The topological polar surface area (TPSA) is 44.5 Å². The summed E-state index contributed by atoms with van der Waals surface area (Å²) in [5.41, 5.74) is 9.94. The maximum absolute atomic E-state index is 6.15. The minimum atomic E-state index is 0.0923. The van der Waals surface area contributed by atoms with Crippen LogP contribution < -0.4 is 15.2 Å². The molecule has 1 unspecified atom stereocenters. The lowest BCUT2D eigenvalue weighted by molar-refractivity contribution is 0.340. The van der Waals surface area contributed by atoms with Gasteiger partial charge < -0.3 is 15.2 Å². The van der Waals surface area contributed by atoms with E-state index >= 15 is 0 Å². The predicted octanol–water partition coefficient (Wildman–Crippen LogP) is 4.68. The van der Waals surface area contributed by atoms with Crippen LogP contribution in [0.25, 0.3) is 0 Å². The van der Waals surface area contributed by atoms with Crippen molar-refractivity contribution in [3.63, 3.8) is 0 Å². The Labute approximate surface area is 152 Å². The van der Waals surface area contributed by atoms with E-state index in [9.17, 15) is 0 Å². The van der Waals surface area contributed by atoms with Crippen LogP contribution in [0.4, 0.5) is 0 Å². The van der Waals surface area contributed by atoms with E-state index in [1.165, 1.54) is 16.7 Å². The average Bonchev–Trinajstić information content (AvgIpc) is 2.59. The number of rotatable bonds is 7. The Hall–Kier alpha value is -2.00. The van der Waals surface area contributed by atoms with Crippen LogP contribution >= 0.6 is 0 Å². The van der Waals surface area contributed by atoms with Gasteiger partial charge in [0.05, 0.1) is 13.7 Å². The molecule has 0 aliphatic heterocycles. The molecule has 0 saturated heterocycles. The highest BCUT2D eigenvalue weighted by Crippen LogP contribution is 2.34. The van der Waals surface area contributed by atoms with Crippen LogP contribution in [0.15, 0.2) is 42.5 Å². The summed E-state index contributed by atoms with van der Waals surface area (Å²) in [6, 6.07) is 14.7. The molecule has 0 aromatic heterocycles. The van der Waals surface area contributed by atoms with Gasteiger partial charge in [-0.1, -0.05) is 45.0 Å². The van der Waals surface area contributed by atoms with Crippen molar-refractivity contribution in [3.05, 3.63) is 59.2 Å². The van der Waals surface area contributed by atoms with Crippen molar-refractivity contribution in [2.24, 2.45) is 5.73 Å². The molecule has 0 heterocycles. The van der Waals surface area contributed by atoms with E-state index in [2.05, 4.69) is 51.1 Å². The van der Waals surface area contributed by atoms with Crippen molar-refractivity contribution in [1.29, 1.82) is 0 Å². The van der Waals surface area contributed by atoms with E-state index in [1.807, 2.05) is 19.1 Å². The van der Waals surface area contributed by atoms with Gasteiger partial charge in [-0.3, -0.25) is 0 Å². The van der Waals surface area contributed by atoms with Crippen molar-refractivity contribution in [2.45, 2.75) is 45.4 Å². The Kier molecular flexibility index (Phi) is 6.49. The normalized spacial score (nSPS) is 12.7. The molecule has 0 aliphatic carbocycles. The zero-order valence-electron chi connectivity index (χ0n) is 16.1. The Morgan fingerprint density at radius 3 is 2.44 bits per heavy atom. The third-order valence-electron chi connectivity index (χ3n) is 4.51. The zero-order chi connectivity index (χ0) is 18.4. The summed E-state index contributed by atoms with van der Waals surface area (Å²) < 4.78 is 11.2. The summed E-state index contributed by atoms with van der Waals surface area (Å²) >= 11 is 0. The zero-order valence-corrected chi connectivity index (χ0v) is 16.1. The highest BCUT2D eigenvalue weighted by Gasteiger charge is 2.20. The van der Waals surface area contributed by atoms with Crippen molar-refractivity contribution in [2.75, 3.05) is 20.3 Å². The standard InChI is InChI=1S/C22H31NO2/c1-6-25-19-9-7-8-16(13-19)12-17(15-23)20-14-18(22(2,3)4)10-11-21(20)24-5/h7-11,13-14,17H,6,12,15,23H2,1-5H3. The number of ether oxygens (including phenoxy) is 2. The second kappa shape index (κ2) is 8.39. The Morgan fingerprint density at radius 2 is 1.84 bits per heavy atom. The molecule has 0 radical (unpaired) electrons. The SMILES string of the molecule is CCOc1cccc(CC(CN)c2cc(C(C)(C)C)ccc2OC)c1. The molecule has 0 fully saturated rings. The second-order valence-electron chi connectivity index (χ2n) is 7.42. The van der Waals surface area contributed by atoms with Crippen molar-refractivity contribution >= 4 is 0 Å². The third kappa shape index (κ3) is 4.99. The van der Waals surface area contributed by atoms with E-state index in [-0.39, 0.29) is 11.3 Å². The van der Waals surface area contributed by atoms with E-state index in [1.54, 1.807) is 7.11 Å². The van der Waals surface area contributed by atoms with Crippen LogP contribution in [0.3, 0.4) is 0 Å². The fourth-order valence-corrected chi connectivity index (χ4v) is 3.05. The number of benzene rings is 2. The molecule has 0 saturated carbocycles. The van der Waals surface area contributed by atoms with E-state index in [4.69, 9.17) is 15.2 Å². The summed E-state index contributed by atoms with van der Waals surface area (Å²) in [5.74, 6) is 2.02. The van der Waals surface area contributed by atoms with Gasteiger partial charge in [0.2, 0.25) is 0 Å². The molecule has 3 heteroatoms. The highest BCUT2D eigenvalue weighted by atomic mass is 16.5. The molecular formula is C22H31NO2. The van der Waals surface area contributed by atoms with Crippen molar-refractivity contribution in [1.82, 2.24) is 0 Å². The molecular weight excluding hydrogens is 310 g/mol. The van der Waals surface area contributed by atoms with Gasteiger partial charge in [0.25, 0.3) is 0 Å². The van der Waals surface area contributed by atoms with Gasteiger partial charge >= 0.3 is 0 Å². The lowest BCUT2D eigenvalue weighted by Gasteiger charge is -2.24. The van der Waals surface area contributed by atoms with Gasteiger partial charge in [-0.25, -0.2) is 0 Å². The van der Waals surface area contributed by atoms with Crippen LogP contribution in [0, 0.1) is 0 Å². The molecule has 0 amide bonds. The number of nitrogens with two attached hydrogens (primary N) is 1. The van der Waals surface area contributed by atoms with E-state index in [0.29, 0.717) is 13.2 Å². The van der Waals surface area contributed by atoms with Gasteiger partial charge in [0.15, 0.2) is 0 Å². The van der Waals surface area contributed by atoms with Crippen molar-refractivity contribution in [3.8, 4) is 11.5 Å². The minimum absolute atomic E-state index is 0.0923. The smallest absolute Gasteiger partial charge is 0.122 e. The molecule has 136 valence electrons. The molecule has 0 aliphatic rings. The maximum atomic E-state index is 6.15. The molecule has 2 aromatic rings. The van der Waals surface area contributed by atoms with Crippen LogP contribution in [-0.2, 0) is 11.8 Å². The number of hydrogen-bond donors (Lipinski definition) is 1. The van der Waals surface area contributed by atoms with Gasteiger partial charge in [-0.15, -0.1) is 0 Å². The monoisotopic (exact) mass is 341 g/mol. The summed E-state index contributed by atoms with van der Waals surface area (Å²) in [6.07, 6.45) is 0.862. The highest BCUT2D eigenvalue weighted by molar-refractivity contribution is 5.43. The fraction of sp³-hybridized carbons (Fsp3) is 0.455. The molecule has 3 nitrogen and oxygen atoms in total. The fourth-order valence-electron chi connectivity index (χ4n) is 3.05. The summed E-state index contributed by atoms with van der Waals surface area (Å²) in [6.45, 7) is 9.91. The summed E-state index contributed by atoms with van der Waals surface area (Å²) in [5, 5.41) is 0. The van der Waals surface area contributed by atoms with E-state index < -0.39 is 0 Å². The quantitative estimate of drug-likeness (QED) is 0.795. The van der Waals surface area contributed by atoms with Crippen molar-refractivity contribution < 1.29 is 9.47 Å². The number of hydrogen-bond acceptors (Lipinski definition) is 3. The molecule has 2 aromatic carbocycles. The van der Waals surface area contributed by atoms with Gasteiger partial charge in [0.1, 0.15) is 11.5 Å².